The highest BCUT2D eigenvalue weighted by molar-refractivity contribution is 5.76. The summed E-state index contributed by atoms with van der Waals surface area (Å²) < 4.78 is 0. The monoisotopic (exact) mass is 285 g/mol. The van der Waals surface area contributed by atoms with Crippen LogP contribution in [0.1, 0.15) is 63.0 Å². The van der Waals surface area contributed by atoms with E-state index in [9.17, 15) is 4.79 Å². The Morgan fingerprint density at radius 3 is 2.52 bits per heavy atom. The minimum absolute atomic E-state index is 0.237. The second-order valence-electron chi connectivity index (χ2n) is 7.25. The zero-order valence-electron chi connectivity index (χ0n) is 13.3. The summed E-state index contributed by atoms with van der Waals surface area (Å²) in [5.74, 6) is 2.47. The fourth-order valence-electron chi connectivity index (χ4n) is 4.03. The minimum Gasteiger partial charge on any atom is -0.353 e. The fraction of sp³-hybridized carbons (Fsp3) is 0.632. The van der Waals surface area contributed by atoms with Crippen LogP contribution in [0, 0.1) is 11.8 Å². The lowest BCUT2D eigenvalue weighted by atomic mass is 9.95. The Morgan fingerprint density at radius 2 is 1.95 bits per heavy atom. The second kappa shape index (κ2) is 6.21. The summed E-state index contributed by atoms with van der Waals surface area (Å²) >= 11 is 0. The van der Waals surface area contributed by atoms with Crippen LogP contribution in [-0.2, 0) is 11.2 Å². The molecule has 0 spiro atoms. The third-order valence-corrected chi connectivity index (χ3v) is 5.37. The Labute approximate surface area is 128 Å². The number of carbonyl (C=O) groups excluding carboxylic acids is 1. The normalized spacial score (nSPS) is 27.3. The molecule has 2 bridgehead atoms. The molecule has 2 heteroatoms. The lowest BCUT2D eigenvalue weighted by Crippen LogP contribution is -2.38. The minimum atomic E-state index is 0.237. The van der Waals surface area contributed by atoms with Crippen molar-refractivity contribution in [3.05, 3.63) is 35.4 Å². The molecular weight excluding hydrogens is 258 g/mol. The van der Waals surface area contributed by atoms with Crippen molar-refractivity contribution in [3.8, 4) is 0 Å². The predicted molar refractivity (Wildman–Crippen MR) is 86.2 cm³/mol. The van der Waals surface area contributed by atoms with Crippen LogP contribution in [0.3, 0.4) is 0 Å². The molecule has 21 heavy (non-hydrogen) atoms. The van der Waals surface area contributed by atoms with Gasteiger partial charge in [-0.05, 0) is 54.6 Å². The maximum atomic E-state index is 12.1. The molecule has 0 aliphatic heterocycles. The molecule has 3 atom stereocenters. The molecule has 2 saturated carbocycles. The molecule has 114 valence electrons. The van der Waals surface area contributed by atoms with Gasteiger partial charge >= 0.3 is 0 Å². The first-order chi connectivity index (χ1) is 10.1. The number of hydrogen-bond donors (Lipinski definition) is 1. The number of nitrogens with one attached hydrogen (secondary N) is 1. The Bertz CT molecular complexity index is 491. The third-order valence-electron chi connectivity index (χ3n) is 5.37. The van der Waals surface area contributed by atoms with Crippen molar-refractivity contribution in [2.45, 2.75) is 64.3 Å². The number of carbonyl (C=O) groups is 1. The molecule has 2 fully saturated rings. The van der Waals surface area contributed by atoms with Gasteiger partial charge in [0.05, 0.1) is 0 Å². The number of aryl methyl sites for hydroxylation is 1. The molecule has 2 aliphatic carbocycles. The molecular formula is C19H27NO. The van der Waals surface area contributed by atoms with E-state index in [2.05, 4.69) is 43.4 Å². The fourth-order valence-corrected chi connectivity index (χ4v) is 4.03. The summed E-state index contributed by atoms with van der Waals surface area (Å²) in [7, 11) is 0. The number of fused-ring (bicyclic) bond motifs is 2. The lowest BCUT2D eigenvalue weighted by Gasteiger charge is -2.22. The molecule has 0 saturated heterocycles. The topological polar surface area (TPSA) is 29.1 Å². The highest BCUT2D eigenvalue weighted by Gasteiger charge is 2.39. The first-order valence-electron chi connectivity index (χ1n) is 8.50. The van der Waals surface area contributed by atoms with E-state index in [0.29, 0.717) is 18.4 Å². The van der Waals surface area contributed by atoms with Gasteiger partial charge in [0.15, 0.2) is 0 Å². The second-order valence-corrected chi connectivity index (χ2v) is 7.25. The summed E-state index contributed by atoms with van der Waals surface area (Å²) in [6.07, 6.45) is 6.76. The number of benzene rings is 1. The molecule has 0 unspecified atom stereocenters. The highest BCUT2D eigenvalue weighted by atomic mass is 16.1. The number of amides is 1. The van der Waals surface area contributed by atoms with Gasteiger partial charge in [0.1, 0.15) is 0 Å². The summed E-state index contributed by atoms with van der Waals surface area (Å²) in [6.45, 7) is 4.41. The van der Waals surface area contributed by atoms with Crippen LogP contribution in [0.2, 0.25) is 0 Å². The first-order valence-corrected chi connectivity index (χ1v) is 8.50. The maximum Gasteiger partial charge on any atom is 0.220 e. The lowest BCUT2D eigenvalue weighted by molar-refractivity contribution is -0.122. The van der Waals surface area contributed by atoms with Crippen LogP contribution in [0.4, 0.5) is 0 Å². The molecule has 0 aromatic heterocycles. The van der Waals surface area contributed by atoms with Crippen LogP contribution in [-0.4, -0.2) is 11.9 Å². The van der Waals surface area contributed by atoms with Crippen molar-refractivity contribution in [1.29, 1.82) is 0 Å². The number of hydrogen-bond acceptors (Lipinski definition) is 1. The van der Waals surface area contributed by atoms with E-state index in [1.165, 1.54) is 36.8 Å². The van der Waals surface area contributed by atoms with Crippen molar-refractivity contribution < 1.29 is 4.79 Å². The zero-order chi connectivity index (χ0) is 14.8. The largest absolute Gasteiger partial charge is 0.353 e. The van der Waals surface area contributed by atoms with E-state index in [0.717, 1.165) is 18.3 Å². The van der Waals surface area contributed by atoms with Crippen molar-refractivity contribution in [3.63, 3.8) is 0 Å². The average molecular weight is 285 g/mol. The van der Waals surface area contributed by atoms with Crippen LogP contribution < -0.4 is 5.32 Å². The Balaban J connectivity index is 1.45. The third kappa shape index (κ3) is 3.48. The van der Waals surface area contributed by atoms with Crippen molar-refractivity contribution in [1.82, 2.24) is 5.32 Å². The molecule has 1 aromatic rings. The van der Waals surface area contributed by atoms with E-state index in [4.69, 9.17) is 0 Å². The summed E-state index contributed by atoms with van der Waals surface area (Å²) in [5, 5.41) is 3.27. The Kier molecular flexibility index (Phi) is 4.32. The van der Waals surface area contributed by atoms with Crippen molar-refractivity contribution >= 4 is 5.91 Å². The first kappa shape index (κ1) is 14.6. The highest BCUT2D eigenvalue weighted by Crippen LogP contribution is 2.44. The van der Waals surface area contributed by atoms with Crippen LogP contribution >= 0.6 is 0 Å². The Morgan fingerprint density at radius 1 is 1.19 bits per heavy atom. The van der Waals surface area contributed by atoms with Gasteiger partial charge in [0, 0.05) is 12.5 Å². The van der Waals surface area contributed by atoms with E-state index in [1.807, 2.05) is 0 Å². The molecule has 2 aliphatic rings. The van der Waals surface area contributed by atoms with Gasteiger partial charge in [-0.1, -0.05) is 44.5 Å². The van der Waals surface area contributed by atoms with Gasteiger partial charge in [-0.3, -0.25) is 4.79 Å². The molecule has 1 aromatic carbocycles. The standard InChI is InChI=1S/C19H27NO/c1-13(2)16-7-3-14(4-8-16)6-10-19(21)20-18-12-15-5-9-17(18)11-15/h3-4,7-8,13,15,17-18H,5-6,9-12H2,1-2H3,(H,20,21)/t15-,17-,18-/m0/s1. The van der Waals surface area contributed by atoms with E-state index in [-0.39, 0.29) is 5.91 Å². The quantitative estimate of drug-likeness (QED) is 0.869. The van der Waals surface area contributed by atoms with Gasteiger partial charge in [0.25, 0.3) is 0 Å². The van der Waals surface area contributed by atoms with Gasteiger partial charge in [0.2, 0.25) is 5.91 Å². The van der Waals surface area contributed by atoms with Gasteiger partial charge in [-0.2, -0.15) is 0 Å². The number of rotatable bonds is 5. The summed E-state index contributed by atoms with van der Waals surface area (Å²) in [4.78, 5) is 12.1. The van der Waals surface area contributed by atoms with Crippen molar-refractivity contribution in [2.75, 3.05) is 0 Å². The van der Waals surface area contributed by atoms with Crippen molar-refractivity contribution in [2.24, 2.45) is 11.8 Å². The SMILES string of the molecule is CC(C)c1ccc(CCC(=O)N[C@H]2C[C@H]3CC[C@H]2C3)cc1. The smallest absolute Gasteiger partial charge is 0.220 e. The molecule has 0 radical (unpaired) electrons. The van der Waals surface area contributed by atoms with E-state index in [1.54, 1.807) is 0 Å². The van der Waals surface area contributed by atoms with Gasteiger partial charge in [-0.15, -0.1) is 0 Å². The zero-order valence-corrected chi connectivity index (χ0v) is 13.3. The van der Waals surface area contributed by atoms with Crippen LogP contribution in [0.5, 0.6) is 0 Å². The summed E-state index contributed by atoms with van der Waals surface area (Å²) in [6, 6.07) is 9.18. The van der Waals surface area contributed by atoms with Crippen LogP contribution in [0.15, 0.2) is 24.3 Å². The molecule has 3 rings (SSSR count). The predicted octanol–water partition coefficient (Wildman–Crippen LogP) is 4.05. The van der Waals surface area contributed by atoms with Gasteiger partial charge < -0.3 is 5.32 Å². The van der Waals surface area contributed by atoms with Gasteiger partial charge in [-0.25, -0.2) is 0 Å². The Hall–Kier alpha value is -1.31. The van der Waals surface area contributed by atoms with Crippen LogP contribution in [0.25, 0.3) is 0 Å². The molecule has 1 N–H and O–H groups in total. The maximum absolute atomic E-state index is 12.1. The average Bonchev–Trinajstić information content (AvgIpc) is 3.08. The molecule has 1 amide bonds. The van der Waals surface area contributed by atoms with E-state index >= 15 is 0 Å². The summed E-state index contributed by atoms with van der Waals surface area (Å²) in [5.41, 5.74) is 2.63. The van der Waals surface area contributed by atoms with E-state index < -0.39 is 0 Å². The molecule has 2 nitrogen and oxygen atoms in total. The molecule has 0 heterocycles.